The molecule has 2 heterocycles. The Morgan fingerprint density at radius 2 is 1.69 bits per heavy atom. The van der Waals surface area contributed by atoms with Crippen molar-refractivity contribution in [3.05, 3.63) is 81.2 Å². The molecule has 0 unspecified atom stereocenters. The fourth-order valence-electron chi connectivity index (χ4n) is 2.64. The molecule has 0 radical (unpaired) electrons. The van der Waals surface area contributed by atoms with Gasteiger partial charge in [0.25, 0.3) is 5.56 Å². The van der Waals surface area contributed by atoms with E-state index in [0.29, 0.717) is 38.2 Å². The average Bonchev–Trinajstić information content (AvgIpc) is 2.63. The van der Waals surface area contributed by atoms with Crippen molar-refractivity contribution in [2.24, 2.45) is 0 Å². The van der Waals surface area contributed by atoms with Crippen molar-refractivity contribution in [2.45, 2.75) is 0 Å². The largest absolute Gasteiger partial charge is 0.324 e. The van der Waals surface area contributed by atoms with Gasteiger partial charge in [0.15, 0.2) is 0 Å². The first-order chi connectivity index (χ1) is 12.6. The molecule has 0 fully saturated rings. The van der Waals surface area contributed by atoms with E-state index in [0.717, 1.165) is 5.69 Å². The van der Waals surface area contributed by atoms with E-state index >= 15 is 0 Å². The Kier molecular flexibility index (Phi) is 4.32. The van der Waals surface area contributed by atoms with Crippen LogP contribution in [0.4, 0.5) is 11.6 Å². The quantitative estimate of drug-likeness (QED) is 0.520. The van der Waals surface area contributed by atoms with Gasteiger partial charge in [-0.15, -0.1) is 0 Å². The second-order valence-electron chi connectivity index (χ2n) is 5.60. The molecule has 128 valence electrons. The highest BCUT2D eigenvalue weighted by molar-refractivity contribution is 6.39. The Morgan fingerprint density at radius 1 is 0.962 bits per heavy atom. The first-order valence-electron chi connectivity index (χ1n) is 7.78. The molecular formula is C19H12Cl2N4O. The van der Waals surface area contributed by atoms with Crippen LogP contribution in [0.1, 0.15) is 0 Å². The number of hydrogen-bond donors (Lipinski definition) is 2. The van der Waals surface area contributed by atoms with E-state index in [1.807, 2.05) is 30.3 Å². The van der Waals surface area contributed by atoms with Crippen LogP contribution in [0, 0.1) is 0 Å². The number of fused-ring (bicyclic) bond motifs is 1. The molecule has 26 heavy (non-hydrogen) atoms. The summed E-state index contributed by atoms with van der Waals surface area (Å²) < 4.78 is 0. The van der Waals surface area contributed by atoms with Crippen LogP contribution in [0.25, 0.3) is 22.2 Å². The van der Waals surface area contributed by atoms with E-state index < -0.39 is 0 Å². The monoisotopic (exact) mass is 382 g/mol. The SMILES string of the molecule is O=c1[nH]c2nc(Nc3ccccc3)ncc2cc1-c1c(Cl)cccc1Cl. The molecule has 0 saturated heterocycles. The maximum absolute atomic E-state index is 12.6. The third kappa shape index (κ3) is 3.14. The zero-order valence-corrected chi connectivity index (χ0v) is 14.8. The van der Waals surface area contributed by atoms with Crippen molar-refractivity contribution in [3.8, 4) is 11.1 Å². The second kappa shape index (κ2) is 6.78. The summed E-state index contributed by atoms with van der Waals surface area (Å²) in [4.78, 5) is 24.0. The van der Waals surface area contributed by atoms with Crippen LogP contribution in [0.15, 0.2) is 65.6 Å². The number of pyridine rings is 1. The van der Waals surface area contributed by atoms with Gasteiger partial charge in [-0.3, -0.25) is 4.79 Å². The lowest BCUT2D eigenvalue weighted by Gasteiger charge is -2.08. The van der Waals surface area contributed by atoms with E-state index in [-0.39, 0.29) is 5.56 Å². The predicted octanol–water partition coefficient (Wildman–Crippen LogP) is 5.04. The summed E-state index contributed by atoms with van der Waals surface area (Å²) in [5.74, 6) is 0.392. The van der Waals surface area contributed by atoms with Crippen LogP contribution in [-0.4, -0.2) is 15.0 Å². The smallest absolute Gasteiger partial charge is 0.257 e. The summed E-state index contributed by atoms with van der Waals surface area (Å²) in [7, 11) is 0. The van der Waals surface area contributed by atoms with E-state index in [9.17, 15) is 4.79 Å². The number of hydrogen-bond acceptors (Lipinski definition) is 4. The van der Waals surface area contributed by atoms with Gasteiger partial charge in [0, 0.05) is 22.8 Å². The Morgan fingerprint density at radius 3 is 2.42 bits per heavy atom. The number of benzene rings is 2. The molecule has 2 aromatic heterocycles. The molecule has 7 heteroatoms. The lowest BCUT2D eigenvalue weighted by Crippen LogP contribution is -2.11. The number of nitrogens with one attached hydrogen (secondary N) is 2. The van der Waals surface area contributed by atoms with Gasteiger partial charge in [-0.25, -0.2) is 4.98 Å². The number of aromatic amines is 1. The van der Waals surface area contributed by atoms with Gasteiger partial charge >= 0.3 is 0 Å². The van der Waals surface area contributed by atoms with Crippen molar-refractivity contribution < 1.29 is 0 Å². The normalized spacial score (nSPS) is 10.8. The molecule has 0 aliphatic rings. The molecule has 2 N–H and O–H groups in total. The molecule has 0 amide bonds. The summed E-state index contributed by atoms with van der Waals surface area (Å²) in [6.07, 6.45) is 1.64. The molecule has 0 atom stereocenters. The van der Waals surface area contributed by atoms with Crippen LogP contribution < -0.4 is 10.9 Å². The fourth-order valence-corrected chi connectivity index (χ4v) is 3.25. The highest BCUT2D eigenvalue weighted by Crippen LogP contribution is 2.33. The number of rotatable bonds is 3. The Labute approximate surface area is 158 Å². The van der Waals surface area contributed by atoms with E-state index in [2.05, 4.69) is 20.3 Å². The minimum absolute atomic E-state index is 0.322. The third-order valence-corrected chi connectivity index (χ3v) is 4.49. The fraction of sp³-hybridized carbons (Fsp3) is 0. The van der Waals surface area contributed by atoms with Gasteiger partial charge in [-0.1, -0.05) is 47.5 Å². The highest BCUT2D eigenvalue weighted by Gasteiger charge is 2.14. The summed E-state index contributed by atoms with van der Waals surface area (Å²) in [5, 5.41) is 4.58. The molecule has 0 spiro atoms. The van der Waals surface area contributed by atoms with Crippen molar-refractivity contribution in [3.63, 3.8) is 0 Å². The van der Waals surface area contributed by atoms with Crippen molar-refractivity contribution in [1.29, 1.82) is 0 Å². The molecule has 0 aliphatic carbocycles. The highest BCUT2D eigenvalue weighted by atomic mass is 35.5. The average molecular weight is 383 g/mol. The lowest BCUT2D eigenvalue weighted by atomic mass is 10.1. The molecule has 0 bridgehead atoms. The minimum atomic E-state index is -0.322. The van der Waals surface area contributed by atoms with Crippen molar-refractivity contribution in [1.82, 2.24) is 15.0 Å². The topological polar surface area (TPSA) is 70.7 Å². The lowest BCUT2D eigenvalue weighted by molar-refractivity contribution is 1.16. The number of para-hydroxylation sites is 1. The van der Waals surface area contributed by atoms with Gasteiger partial charge in [-0.05, 0) is 30.3 Å². The number of H-pyrrole nitrogens is 1. The minimum Gasteiger partial charge on any atom is -0.324 e. The molecule has 0 saturated carbocycles. The van der Waals surface area contributed by atoms with Crippen LogP contribution in [-0.2, 0) is 0 Å². The van der Waals surface area contributed by atoms with Crippen molar-refractivity contribution in [2.75, 3.05) is 5.32 Å². The summed E-state index contributed by atoms with van der Waals surface area (Å²) in [6, 6.07) is 16.3. The van der Waals surface area contributed by atoms with E-state index in [1.54, 1.807) is 30.5 Å². The number of halogens is 2. The molecule has 0 aliphatic heterocycles. The van der Waals surface area contributed by atoms with Crippen LogP contribution >= 0.6 is 23.2 Å². The zero-order valence-electron chi connectivity index (χ0n) is 13.3. The number of aromatic nitrogens is 3. The summed E-state index contributed by atoms with van der Waals surface area (Å²) >= 11 is 12.4. The molecule has 5 nitrogen and oxygen atoms in total. The molecule has 2 aromatic carbocycles. The first-order valence-corrected chi connectivity index (χ1v) is 8.54. The standard InChI is InChI=1S/C19H12Cl2N4O/c20-14-7-4-8-15(21)16(14)13-9-11-10-22-19(25-17(11)24-18(13)26)23-12-5-2-1-3-6-12/h1-10H,(H2,22,23,24,25,26). The van der Waals surface area contributed by atoms with Crippen LogP contribution in [0.2, 0.25) is 10.0 Å². The van der Waals surface area contributed by atoms with Crippen LogP contribution in [0.5, 0.6) is 0 Å². The van der Waals surface area contributed by atoms with E-state index in [4.69, 9.17) is 23.2 Å². The van der Waals surface area contributed by atoms with Gasteiger partial charge < -0.3 is 10.3 Å². The Bertz CT molecular complexity index is 1140. The number of anilines is 2. The van der Waals surface area contributed by atoms with Gasteiger partial charge in [0.2, 0.25) is 5.95 Å². The summed E-state index contributed by atoms with van der Waals surface area (Å²) in [5.41, 5.74) is 1.83. The Hall–Kier alpha value is -2.89. The number of nitrogens with zero attached hydrogens (tertiary/aromatic N) is 2. The van der Waals surface area contributed by atoms with Gasteiger partial charge in [-0.2, -0.15) is 4.98 Å². The van der Waals surface area contributed by atoms with Crippen molar-refractivity contribution >= 4 is 45.9 Å². The molecule has 4 aromatic rings. The maximum Gasteiger partial charge on any atom is 0.257 e. The summed E-state index contributed by atoms with van der Waals surface area (Å²) in [6.45, 7) is 0. The predicted molar refractivity (Wildman–Crippen MR) is 105 cm³/mol. The third-order valence-electron chi connectivity index (χ3n) is 3.86. The maximum atomic E-state index is 12.6. The zero-order chi connectivity index (χ0) is 18.1. The Balaban J connectivity index is 1.79. The first kappa shape index (κ1) is 16.6. The van der Waals surface area contributed by atoms with Crippen LogP contribution in [0.3, 0.4) is 0 Å². The second-order valence-corrected chi connectivity index (χ2v) is 6.41. The molecular weight excluding hydrogens is 371 g/mol. The van der Waals surface area contributed by atoms with E-state index in [1.165, 1.54) is 0 Å². The van der Waals surface area contributed by atoms with Gasteiger partial charge in [0.05, 0.1) is 15.6 Å². The van der Waals surface area contributed by atoms with Gasteiger partial charge in [0.1, 0.15) is 5.65 Å². The molecule has 4 rings (SSSR count).